The van der Waals surface area contributed by atoms with Crippen molar-refractivity contribution in [1.82, 2.24) is 0 Å². The Morgan fingerprint density at radius 2 is 1.16 bits per heavy atom. The van der Waals surface area contributed by atoms with E-state index in [1.54, 1.807) is 0 Å². The molecule has 0 bridgehead atoms. The zero-order valence-electron chi connectivity index (χ0n) is 21.4. The summed E-state index contributed by atoms with van der Waals surface area (Å²) in [6, 6.07) is 24.6. The van der Waals surface area contributed by atoms with Crippen molar-refractivity contribution in [1.29, 1.82) is 0 Å². The van der Waals surface area contributed by atoms with Gasteiger partial charge in [0.1, 0.15) is 5.75 Å². The van der Waals surface area contributed by atoms with Gasteiger partial charge in [0.25, 0.3) is 0 Å². The van der Waals surface area contributed by atoms with Crippen molar-refractivity contribution in [3.63, 3.8) is 0 Å². The Labute approximate surface area is 196 Å². The van der Waals surface area contributed by atoms with Gasteiger partial charge in [-0.15, -0.1) is 0 Å². The van der Waals surface area contributed by atoms with Crippen LogP contribution < -0.4 is 5.19 Å². The fourth-order valence-corrected chi connectivity index (χ4v) is 8.20. The van der Waals surface area contributed by atoms with Gasteiger partial charge in [-0.1, -0.05) is 132 Å². The van der Waals surface area contributed by atoms with Crippen LogP contribution >= 0.6 is 0 Å². The van der Waals surface area contributed by atoms with Crippen molar-refractivity contribution in [2.75, 3.05) is 0 Å². The van der Waals surface area contributed by atoms with Crippen LogP contribution in [0.5, 0.6) is 5.75 Å². The van der Waals surface area contributed by atoms with Crippen LogP contribution in [0.4, 0.5) is 0 Å². The lowest BCUT2D eigenvalue weighted by molar-refractivity contribution is 0.422. The maximum absolute atomic E-state index is 11.3. The Morgan fingerprint density at radius 1 is 0.688 bits per heavy atom. The summed E-state index contributed by atoms with van der Waals surface area (Å²) in [7, 11) is -1.97. The molecule has 1 unspecified atom stereocenters. The number of benzene rings is 3. The average Bonchev–Trinajstić information content (AvgIpc) is 2.69. The fourth-order valence-electron chi connectivity index (χ4n) is 4.79. The number of phenolic OH excluding ortho intramolecular Hbond substituents is 1. The lowest BCUT2D eigenvalue weighted by Gasteiger charge is -2.36. The molecule has 0 radical (unpaired) electrons. The van der Waals surface area contributed by atoms with E-state index in [2.05, 4.69) is 128 Å². The standard InChI is InChI=1S/C30H40OSi/c1-21-15-17-22(18-16-21)28(32(8,9)24-13-11-10-12-14-24)23-19-25(29(2,3)4)27(31)26(20-23)30(5,6)7/h10-20,28,31H,1-9H3. The van der Waals surface area contributed by atoms with Gasteiger partial charge in [-0.2, -0.15) is 0 Å². The molecular formula is C30H40OSi. The predicted molar refractivity (Wildman–Crippen MR) is 142 cm³/mol. The first kappa shape index (κ1) is 24.3. The normalized spacial score (nSPS) is 13.8. The first-order valence-corrected chi connectivity index (χ1v) is 14.8. The van der Waals surface area contributed by atoms with Crippen molar-refractivity contribution < 1.29 is 5.11 Å². The number of aryl methyl sites for hydroxylation is 1. The molecule has 0 aromatic heterocycles. The Morgan fingerprint density at radius 3 is 1.59 bits per heavy atom. The van der Waals surface area contributed by atoms with Crippen LogP contribution in [0.15, 0.2) is 66.7 Å². The third-order valence-electron chi connectivity index (χ3n) is 6.73. The van der Waals surface area contributed by atoms with Crippen LogP contribution in [0.1, 0.15) is 74.9 Å². The van der Waals surface area contributed by atoms with Crippen LogP contribution in [0.25, 0.3) is 0 Å². The molecule has 1 nitrogen and oxygen atoms in total. The summed E-state index contributed by atoms with van der Waals surface area (Å²) in [4.78, 5) is 0. The molecule has 0 aliphatic carbocycles. The number of rotatable bonds is 4. The van der Waals surface area contributed by atoms with Crippen LogP contribution in [0.2, 0.25) is 13.1 Å². The Balaban J connectivity index is 2.36. The topological polar surface area (TPSA) is 20.2 Å². The van der Waals surface area contributed by atoms with Crippen LogP contribution in [-0.2, 0) is 10.8 Å². The second-order valence-electron chi connectivity index (χ2n) is 11.9. The van der Waals surface area contributed by atoms with Gasteiger partial charge in [0.15, 0.2) is 0 Å². The Kier molecular flexibility index (Phi) is 6.50. The minimum Gasteiger partial charge on any atom is -0.507 e. The molecule has 1 N–H and O–H groups in total. The van der Waals surface area contributed by atoms with Crippen molar-refractivity contribution in [2.24, 2.45) is 0 Å². The second kappa shape index (κ2) is 8.55. The highest BCUT2D eigenvalue weighted by Gasteiger charge is 2.38. The quantitative estimate of drug-likeness (QED) is 0.411. The third kappa shape index (κ3) is 4.86. The zero-order valence-corrected chi connectivity index (χ0v) is 22.4. The molecule has 0 heterocycles. The van der Waals surface area contributed by atoms with E-state index in [-0.39, 0.29) is 16.4 Å². The van der Waals surface area contributed by atoms with E-state index in [1.165, 1.54) is 21.9 Å². The van der Waals surface area contributed by atoms with Crippen molar-refractivity contribution in [2.45, 2.75) is 77.9 Å². The fraction of sp³-hybridized carbons (Fsp3) is 0.400. The van der Waals surface area contributed by atoms with Crippen LogP contribution in [0.3, 0.4) is 0 Å². The van der Waals surface area contributed by atoms with E-state index in [0.29, 0.717) is 5.75 Å². The van der Waals surface area contributed by atoms with Gasteiger partial charge in [-0.3, -0.25) is 0 Å². The highest BCUT2D eigenvalue weighted by molar-refractivity contribution is 6.91. The third-order valence-corrected chi connectivity index (χ3v) is 10.7. The van der Waals surface area contributed by atoms with E-state index in [9.17, 15) is 5.11 Å². The molecule has 3 aromatic rings. The number of hydrogen-bond acceptors (Lipinski definition) is 1. The summed E-state index contributed by atoms with van der Waals surface area (Å²) >= 11 is 0. The zero-order chi connectivity index (χ0) is 23.9. The molecule has 32 heavy (non-hydrogen) atoms. The van der Waals surface area contributed by atoms with E-state index in [1.807, 2.05) is 0 Å². The number of phenols is 1. The van der Waals surface area contributed by atoms with Crippen molar-refractivity contribution in [3.05, 3.63) is 94.5 Å². The molecule has 0 saturated carbocycles. The summed E-state index contributed by atoms with van der Waals surface area (Å²) in [5.41, 5.74) is 6.04. The molecule has 3 aromatic carbocycles. The minimum absolute atomic E-state index is 0.142. The number of hydrogen-bond donors (Lipinski definition) is 1. The molecule has 0 fully saturated rings. The maximum Gasteiger partial charge on any atom is 0.123 e. The number of aromatic hydroxyl groups is 1. The van der Waals surface area contributed by atoms with Gasteiger partial charge in [0.05, 0.1) is 8.07 Å². The summed E-state index contributed by atoms with van der Waals surface area (Å²) in [6.45, 7) is 20.3. The highest BCUT2D eigenvalue weighted by atomic mass is 28.3. The molecule has 3 rings (SSSR count). The molecule has 2 heteroatoms. The highest BCUT2D eigenvalue weighted by Crippen LogP contribution is 2.44. The smallest absolute Gasteiger partial charge is 0.123 e. The Hall–Kier alpha value is -2.32. The maximum atomic E-state index is 11.3. The first-order valence-electron chi connectivity index (χ1n) is 11.7. The Bertz CT molecular complexity index is 1030. The first-order chi connectivity index (χ1) is 14.7. The minimum atomic E-state index is -1.97. The van der Waals surface area contributed by atoms with Crippen LogP contribution in [0, 0.1) is 6.92 Å². The van der Waals surface area contributed by atoms with Gasteiger partial charge in [-0.05, 0) is 40.0 Å². The van der Waals surface area contributed by atoms with Gasteiger partial charge < -0.3 is 5.11 Å². The second-order valence-corrected chi connectivity index (χ2v) is 16.5. The van der Waals surface area contributed by atoms with Crippen molar-refractivity contribution >= 4 is 13.3 Å². The molecule has 0 saturated heterocycles. The molecule has 0 amide bonds. The van der Waals surface area contributed by atoms with E-state index in [4.69, 9.17) is 0 Å². The van der Waals surface area contributed by atoms with Crippen molar-refractivity contribution in [3.8, 4) is 5.75 Å². The van der Waals surface area contributed by atoms with Gasteiger partial charge in [0.2, 0.25) is 0 Å². The van der Waals surface area contributed by atoms with E-state index < -0.39 is 8.07 Å². The summed E-state index contributed by atoms with van der Waals surface area (Å²) in [5.74, 6) is 0.454. The van der Waals surface area contributed by atoms with Gasteiger partial charge >= 0.3 is 0 Å². The van der Waals surface area contributed by atoms with E-state index >= 15 is 0 Å². The van der Waals surface area contributed by atoms with E-state index in [0.717, 1.165) is 11.1 Å². The van der Waals surface area contributed by atoms with Gasteiger partial charge in [0, 0.05) is 5.54 Å². The SMILES string of the molecule is Cc1ccc(C(c2cc(C(C)(C)C)c(O)c(C(C)(C)C)c2)[Si](C)(C)c2ccccc2)cc1. The molecule has 0 aliphatic heterocycles. The molecular weight excluding hydrogens is 404 g/mol. The summed E-state index contributed by atoms with van der Waals surface area (Å²) < 4.78 is 0. The summed E-state index contributed by atoms with van der Waals surface area (Å²) in [6.07, 6.45) is 0. The lowest BCUT2D eigenvalue weighted by atomic mass is 9.78. The summed E-state index contributed by atoms with van der Waals surface area (Å²) in [5, 5.41) is 12.8. The largest absolute Gasteiger partial charge is 0.507 e. The molecule has 0 aliphatic rings. The van der Waals surface area contributed by atoms with Crippen LogP contribution in [-0.4, -0.2) is 13.2 Å². The predicted octanol–water partition coefficient (Wildman–Crippen LogP) is 7.58. The lowest BCUT2D eigenvalue weighted by Crippen LogP contribution is -2.48. The monoisotopic (exact) mass is 444 g/mol. The van der Waals surface area contributed by atoms with Gasteiger partial charge in [-0.25, -0.2) is 0 Å². The average molecular weight is 445 g/mol. The molecule has 0 spiro atoms. The molecule has 170 valence electrons. The molecule has 1 atom stereocenters.